The van der Waals surface area contributed by atoms with E-state index in [0.717, 1.165) is 23.4 Å². The molecule has 2 N–H and O–H groups in total. The largest absolute Gasteiger partial charge is 0.495 e. The highest BCUT2D eigenvalue weighted by Gasteiger charge is 2.05. The van der Waals surface area contributed by atoms with E-state index in [1.165, 1.54) is 5.56 Å². The van der Waals surface area contributed by atoms with Crippen LogP contribution in [0.2, 0.25) is 0 Å². The summed E-state index contributed by atoms with van der Waals surface area (Å²) in [5, 5.41) is 6.03. The van der Waals surface area contributed by atoms with Crippen LogP contribution in [0.25, 0.3) is 0 Å². The van der Waals surface area contributed by atoms with Crippen LogP contribution in [-0.4, -0.2) is 26.1 Å². The molecule has 2 aromatic rings. The SMILES string of the molecule is COc1ccc(C)cc1NCC(=O)NCCc1ccccc1. The minimum atomic E-state index is -0.0282. The summed E-state index contributed by atoms with van der Waals surface area (Å²) in [5.41, 5.74) is 3.17. The van der Waals surface area contributed by atoms with E-state index in [9.17, 15) is 4.79 Å². The molecule has 0 aliphatic heterocycles. The van der Waals surface area contributed by atoms with Crippen molar-refractivity contribution >= 4 is 11.6 Å². The Morgan fingerprint density at radius 1 is 1.14 bits per heavy atom. The molecule has 22 heavy (non-hydrogen) atoms. The molecule has 2 rings (SSSR count). The molecule has 0 aliphatic rings. The van der Waals surface area contributed by atoms with Crippen LogP contribution in [0.4, 0.5) is 5.69 Å². The number of aryl methyl sites for hydroxylation is 1. The van der Waals surface area contributed by atoms with Crippen LogP contribution in [0.15, 0.2) is 48.5 Å². The maximum Gasteiger partial charge on any atom is 0.239 e. The van der Waals surface area contributed by atoms with Gasteiger partial charge in [-0.3, -0.25) is 4.79 Å². The van der Waals surface area contributed by atoms with Crippen LogP contribution < -0.4 is 15.4 Å². The topological polar surface area (TPSA) is 50.4 Å². The van der Waals surface area contributed by atoms with E-state index in [-0.39, 0.29) is 12.5 Å². The number of anilines is 1. The van der Waals surface area contributed by atoms with Gasteiger partial charge < -0.3 is 15.4 Å². The summed E-state index contributed by atoms with van der Waals surface area (Å²) in [6.07, 6.45) is 0.834. The summed E-state index contributed by atoms with van der Waals surface area (Å²) in [6.45, 7) is 2.87. The van der Waals surface area contributed by atoms with E-state index in [1.807, 2.05) is 43.3 Å². The second kappa shape index (κ2) is 8.08. The second-order valence-electron chi connectivity index (χ2n) is 5.14. The Kier molecular flexibility index (Phi) is 5.83. The fraction of sp³-hybridized carbons (Fsp3) is 0.278. The molecule has 0 saturated heterocycles. The fourth-order valence-corrected chi connectivity index (χ4v) is 2.19. The van der Waals surface area contributed by atoms with Crippen LogP contribution >= 0.6 is 0 Å². The first-order valence-corrected chi connectivity index (χ1v) is 7.38. The fourth-order valence-electron chi connectivity index (χ4n) is 2.19. The summed E-state index contributed by atoms with van der Waals surface area (Å²) in [4.78, 5) is 11.9. The van der Waals surface area contributed by atoms with Crippen molar-refractivity contribution in [3.63, 3.8) is 0 Å². The number of carbonyl (C=O) groups is 1. The maximum atomic E-state index is 11.9. The zero-order valence-corrected chi connectivity index (χ0v) is 13.1. The number of hydrogen-bond acceptors (Lipinski definition) is 3. The average Bonchev–Trinajstić information content (AvgIpc) is 2.54. The van der Waals surface area contributed by atoms with Gasteiger partial charge in [-0.15, -0.1) is 0 Å². The Morgan fingerprint density at radius 3 is 2.64 bits per heavy atom. The minimum Gasteiger partial charge on any atom is -0.495 e. The number of carbonyl (C=O) groups excluding carboxylic acids is 1. The highest BCUT2D eigenvalue weighted by molar-refractivity contribution is 5.81. The maximum absolute atomic E-state index is 11.9. The molecule has 4 heteroatoms. The van der Waals surface area contributed by atoms with Gasteiger partial charge in [0.05, 0.1) is 19.3 Å². The molecule has 0 atom stereocenters. The molecule has 0 aromatic heterocycles. The lowest BCUT2D eigenvalue weighted by Crippen LogP contribution is -2.31. The first-order chi connectivity index (χ1) is 10.7. The molecule has 0 spiro atoms. The molecule has 0 aliphatic carbocycles. The number of benzene rings is 2. The summed E-state index contributed by atoms with van der Waals surface area (Å²) >= 11 is 0. The predicted octanol–water partition coefficient (Wildman–Crippen LogP) is 2.77. The van der Waals surface area contributed by atoms with E-state index >= 15 is 0 Å². The third-order valence-corrected chi connectivity index (χ3v) is 3.37. The molecular formula is C18H22N2O2. The normalized spacial score (nSPS) is 10.1. The van der Waals surface area contributed by atoms with Gasteiger partial charge in [-0.25, -0.2) is 0 Å². The summed E-state index contributed by atoms with van der Waals surface area (Å²) in [5.74, 6) is 0.710. The number of hydrogen-bond donors (Lipinski definition) is 2. The smallest absolute Gasteiger partial charge is 0.239 e. The third kappa shape index (κ3) is 4.81. The Hall–Kier alpha value is -2.49. The molecule has 0 radical (unpaired) electrons. The van der Waals surface area contributed by atoms with Crippen LogP contribution in [0.3, 0.4) is 0 Å². The van der Waals surface area contributed by atoms with E-state index in [0.29, 0.717) is 6.54 Å². The van der Waals surface area contributed by atoms with Gasteiger partial charge in [0.1, 0.15) is 5.75 Å². The van der Waals surface area contributed by atoms with Crippen LogP contribution in [0.1, 0.15) is 11.1 Å². The quantitative estimate of drug-likeness (QED) is 0.826. The standard InChI is InChI=1S/C18H22N2O2/c1-14-8-9-17(22-2)16(12-14)20-13-18(21)19-11-10-15-6-4-3-5-7-15/h3-9,12,20H,10-11,13H2,1-2H3,(H,19,21). The van der Waals surface area contributed by atoms with Gasteiger partial charge in [0.25, 0.3) is 0 Å². The predicted molar refractivity (Wildman–Crippen MR) is 89.4 cm³/mol. The molecule has 1 amide bonds. The van der Waals surface area contributed by atoms with E-state index in [1.54, 1.807) is 7.11 Å². The molecule has 0 heterocycles. The van der Waals surface area contributed by atoms with Gasteiger partial charge in [0, 0.05) is 6.54 Å². The second-order valence-corrected chi connectivity index (χ2v) is 5.14. The highest BCUT2D eigenvalue weighted by Crippen LogP contribution is 2.24. The lowest BCUT2D eigenvalue weighted by Gasteiger charge is -2.12. The van der Waals surface area contributed by atoms with Crippen molar-refractivity contribution in [1.29, 1.82) is 0 Å². The number of methoxy groups -OCH3 is 1. The van der Waals surface area contributed by atoms with E-state index in [4.69, 9.17) is 4.74 Å². The van der Waals surface area contributed by atoms with Gasteiger partial charge >= 0.3 is 0 Å². The highest BCUT2D eigenvalue weighted by atomic mass is 16.5. The van der Waals surface area contributed by atoms with Crippen LogP contribution in [0, 0.1) is 6.92 Å². The molecule has 0 bridgehead atoms. The van der Waals surface area contributed by atoms with E-state index in [2.05, 4.69) is 22.8 Å². The number of ether oxygens (including phenoxy) is 1. The molecule has 116 valence electrons. The third-order valence-electron chi connectivity index (χ3n) is 3.37. The average molecular weight is 298 g/mol. The van der Waals surface area contributed by atoms with Crippen molar-refractivity contribution in [2.24, 2.45) is 0 Å². The molecule has 4 nitrogen and oxygen atoms in total. The Morgan fingerprint density at radius 2 is 1.91 bits per heavy atom. The first-order valence-electron chi connectivity index (χ1n) is 7.38. The lowest BCUT2D eigenvalue weighted by molar-refractivity contribution is -0.119. The molecule has 0 fully saturated rings. The van der Waals surface area contributed by atoms with Crippen molar-refractivity contribution in [2.45, 2.75) is 13.3 Å². The van der Waals surface area contributed by atoms with Gasteiger partial charge in [0.15, 0.2) is 0 Å². The van der Waals surface area contributed by atoms with Crippen LogP contribution in [-0.2, 0) is 11.2 Å². The van der Waals surface area contributed by atoms with Gasteiger partial charge in [-0.1, -0.05) is 36.4 Å². The van der Waals surface area contributed by atoms with Crippen molar-refractivity contribution in [3.8, 4) is 5.75 Å². The molecule has 0 saturated carbocycles. The van der Waals surface area contributed by atoms with Crippen molar-refractivity contribution < 1.29 is 9.53 Å². The van der Waals surface area contributed by atoms with Crippen LogP contribution in [0.5, 0.6) is 5.75 Å². The number of amides is 1. The summed E-state index contributed by atoms with van der Waals surface area (Å²) < 4.78 is 5.28. The summed E-state index contributed by atoms with van der Waals surface area (Å²) in [6, 6.07) is 15.9. The lowest BCUT2D eigenvalue weighted by atomic mass is 10.1. The summed E-state index contributed by atoms with van der Waals surface area (Å²) in [7, 11) is 1.62. The van der Waals surface area contributed by atoms with Crippen molar-refractivity contribution in [3.05, 3.63) is 59.7 Å². The van der Waals surface area contributed by atoms with Gasteiger partial charge in [-0.05, 0) is 36.6 Å². The Bertz CT molecular complexity index is 612. The Balaban J connectivity index is 1.77. The van der Waals surface area contributed by atoms with Crippen molar-refractivity contribution in [1.82, 2.24) is 5.32 Å². The number of nitrogens with one attached hydrogen (secondary N) is 2. The molecule has 2 aromatic carbocycles. The molecule has 0 unspecified atom stereocenters. The Labute approximate surface area is 131 Å². The van der Waals surface area contributed by atoms with Gasteiger partial charge in [0.2, 0.25) is 5.91 Å². The molecular weight excluding hydrogens is 276 g/mol. The minimum absolute atomic E-state index is 0.0282. The zero-order chi connectivity index (χ0) is 15.8. The van der Waals surface area contributed by atoms with E-state index < -0.39 is 0 Å². The van der Waals surface area contributed by atoms with Gasteiger partial charge in [-0.2, -0.15) is 0 Å². The zero-order valence-electron chi connectivity index (χ0n) is 13.1. The van der Waals surface area contributed by atoms with Crippen molar-refractivity contribution in [2.75, 3.05) is 25.5 Å². The number of rotatable bonds is 7. The monoisotopic (exact) mass is 298 g/mol. The first kappa shape index (κ1) is 15.9.